The van der Waals surface area contributed by atoms with Crippen molar-refractivity contribution in [1.29, 1.82) is 0 Å². The third kappa shape index (κ3) is 4.83. The van der Waals surface area contributed by atoms with Crippen molar-refractivity contribution in [1.82, 2.24) is 10.2 Å². The van der Waals surface area contributed by atoms with Crippen LogP contribution in [0.2, 0.25) is 0 Å². The minimum absolute atomic E-state index is 0.0256. The van der Waals surface area contributed by atoms with Gasteiger partial charge in [-0.25, -0.2) is 0 Å². The summed E-state index contributed by atoms with van der Waals surface area (Å²) in [5.74, 6) is -0.0256. The van der Waals surface area contributed by atoms with Crippen LogP contribution in [-0.2, 0) is 0 Å². The van der Waals surface area contributed by atoms with Crippen molar-refractivity contribution in [3.05, 3.63) is 53.6 Å². The van der Waals surface area contributed by atoms with E-state index < -0.39 is 0 Å². The van der Waals surface area contributed by atoms with Gasteiger partial charge in [0, 0.05) is 33.2 Å². The molecule has 3 rings (SSSR count). The fourth-order valence-electron chi connectivity index (χ4n) is 3.37. The number of amides is 1. The van der Waals surface area contributed by atoms with Crippen LogP contribution in [0.3, 0.4) is 0 Å². The van der Waals surface area contributed by atoms with Gasteiger partial charge in [0.05, 0.1) is 5.69 Å². The lowest BCUT2D eigenvalue weighted by atomic mass is 10.1. The van der Waals surface area contributed by atoms with E-state index in [1.54, 1.807) is 11.8 Å². The Labute approximate surface area is 172 Å². The number of hydrogen-bond donors (Lipinski definition) is 1. The van der Waals surface area contributed by atoms with Crippen LogP contribution in [0.1, 0.15) is 49.5 Å². The van der Waals surface area contributed by atoms with Crippen LogP contribution >= 0.6 is 11.8 Å². The Morgan fingerprint density at radius 3 is 2.61 bits per heavy atom. The van der Waals surface area contributed by atoms with E-state index in [9.17, 15) is 4.79 Å². The number of nitrogens with one attached hydrogen (secondary N) is 1. The number of aliphatic imine (C=N–C) groups is 1. The van der Waals surface area contributed by atoms with Gasteiger partial charge in [-0.1, -0.05) is 50.7 Å². The average Bonchev–Trinajstić information content (AvgIpc) is 2.89. The predicted molar refractivity (Wildman–Crippen MR) is 118 cm³/mol. The van der Waals surface area contributed by atoms with Gasteiger partial charge in [-0.3, -0.25) is 9.79 Å². The molecule has 0 saturated carbocycles. The molecule has 2 aromatic carbocycles. The SMILES string of the molecule is CCC1=Nc2cc(C(=O)NCCCN(CC)CC)ccc2Sc2ccccc21. The molecule has 148 valence electrons. The smallest absolute Gasteiger partial charge is 0.251 e. The lowest BCUT2D eigenvalue weighted by Crippen LogP contribution is -2.29. The maximum absolute atomic E-state index is 12.6. The van der Waals surface area contributed by atoms with Crippen LogP contribution in [-0.4, -0.2) is 42.7 Å². The summed E-state index contributed by atoms with van der Waals surface area (Å²) < 4.78 is 0. The Hall–Kier alpha value is -2.11. The average molecular weight is 396 g/mol. The summed E-state index contributed by atoms with van der Waals surface area (Å²) in [5, 5.41) is 3.05. The number of fused-ring (bicyclic) bond motifs is 2. The molecule has 2 aromatic rings. The predicted octanol–water partition coefficient (Wildman–Crippen LogP) is 5.14. The molecular weight excluding hydrogens is 366 g/mol. The molecule has 1 heterocycles. The lowest BCUT2D eigenvalue weighted by molar-refractivity contribution is 0.0952. The Balaban J connectivity index is 1.72. The minimum Gasteiger partial charge on any atom is -0.352 e. The van der Waals surface area contributed by atoms with Crippen molar-refractivity contribution >= 4 is 29.1 Å². The molecular formula is C23H29N3OS. The van der Waals surface area contributed by atoms with Crippen LogP contribution in [0.5, 0.6) is 0 Å². The Morgan fingerprint density at radius 2 is 1.86 bits per heavy atom. The molecule has 0 atom stereocenters. The van der Waals surface area contributed by atoms with Crippen molar-refractivity contribution in [3.8, 4) is 0 Å². The van der Waals surface area contributed by atoms with Gasteiger partial charge in [0.15, 0.2) is 0 Å². The van der Waals surface area contributed by atoms with Crippen molar-refractivity contribution in [2.75, 3.05) is 26.2 Å². The van der Waals surface area contributed by atoms with E-state index in [1.165, 1.54) is 10.5 Å². The molecule has 0 saturated heterocycles. The molecule has 0 unspecified atom stereocenters. The lowest BCUT2D eigenvalue weighted by Gasteiger charge is -2.17. The van der Waals surface area contributed by atoms with E-state index in [4.69, 9.17) is 4.99 Å². The van der Waals surface area contributed by atoms with Gasteiger partial charge in [0.2, 0.25) is 0 Å². The van der Waals surface area contributed by atoms with E-state index in [-0.39, 0.29) is 5.91 Å². The second kappa shape index (κ2) is 9.89. The van der Waals surface area contributed by atoms with E-state index in [0.717, 1.165) is 48.8 Å². The van der Waals surface area contributed by atoms with Gasteiger partial charge in [0.25, 0.3) is 5.91 Å². The maximum atomic E-state index is 12.6. The Morgan fingerprint density at radius 1 is 1.07 bits per heavy atom. The van der Waals surface area contributed by atoms with Crippen molar-refractivity contribution in [3.63, 3.8) is 0 Å². The van der Waals surface area contributed by atoms with Gasteiger partial charge in [-0.2, -0.15) is 0 Å². The highest BCUT2D eigenvalue weighted by atomic mass is 32.2. The summed E-state index contributed by atoms with van der Waals surface area (Å²) in [6.45, 7) is 10.3. The van der Waals surface area contributed by atoms with Gasteiger partial charge in [-0.05, 0) is 56.7 Å². The number of benzene rings is 2. The molecule has 4 nitrogen and oxygen atoms in total. The summed E-state index contributed by atoms with van der Waals surface area (Å²) in [4.78, 5) is 22.2. The van der Waals surface area contributed by atoms with Gasteiger partial charge in [0.1, 0.15) is 0 Å². The molecule has 0 spiro atoms. The molecule has 0 bridgehead atoms. The second-order valence-corrected chi connectivity index (χ2v) is 7.91. The minimum atomic E-state index is -0.0256. The first kappa shape index (κ1) is 20.6. The standard InChI is InChI=1S/C23H29N3OS/c1-4-19-18-10-7-8-11-21(18)28-22-13-12-17(16-20(22)25-19)23(27)24-14-9-15-26(5-2)6-3/h7-8,10-13,16H,4-6,9,14-15H2,1-3H3,(H,24,27). The van der Waals surface area contributed by atoms with E-state index in [0.29, 0.717) is 12.1 Å². The van der Waals surface area contributed by atoms with Crippen molar-refractivity contribution < 1.29 is 4.79 Å². The number of carbonyl (C=O) groups is 1. The molecule has 0 radical (unpaired) electrons. The number of carbonyl (C=O) groups excluding carboxylic acids is 1. The number of nitrogens with zero attached hydrogens (tertiary/aromatic N) is 2. The molecule has 1 amide bonds. The first-order chi connectivity index (χ1) is 13.7. The van der Waals surface area contributed by atoms with Crippen LogP contribution in [0.15, 0.2) is 57.2 Å². The van der Waals surface area contributed by atoms with Crippen LogP contribution in [0.25, 0.3) is 0 Å². The van der Waals surface area contributed by atoms with Crippen molar-refractivity contribution in [2.45, 2.75) is 43.4 Å². The third-order valence-electron chi connectivity index (χ3n) is 5.06. The van der Waals surface area contributed by atoms with E-state index in [2.05, 4.69) is 55.3 Å². The first-order valence-corrected chi connectivity index (χ1v) is 11.0. The maximum Gasteiger partial charge on any atom is 0.251 e. The highest BCUT2D eigenvalue weighted by Crippen LogP contribution is 2.41. The summed E-state index contributed by atoms with van der Waals surface area (Å²) in [7, 11) is 0. The molecule has 5 heteroatoms. The number of hydrogen-bond acceptors (Lipinski definition) is 4. The van der Waals surface area contributed by atoms with E-state index >= 15 is 0 Å². The quantitative estimate of drug-likeness (QED) is 0.629. The molecule has 1 aliphatic heterocycles. The molecule has 0 fully saturated rings. The second-order valence-electron chi connectivity index (χ2n) is 6.83. The van der Waals surface area contributed by atoms with Crippen molar-refractivity contribution in [2.24, 2.45) is 4.99 Å². The summed E-state index contributed by atoms with van der Waals surface area (Å²) in [5.41, 5.74) is 3.81. The zero-order chi connectivity index (χ0) is 19.9. The van der Waals surface area contributed by atoms with Crippen LogP contribution in [0, 0.1) is 0 Å². The summed E-state index contributed by atoms with van der Waals surface area (Å²) in [6, 6.07) is 14.2. The zero-order valence-corrected chi connectivity index (χ0v) is 17.8. The topological polar surface area (TPSA) is 44.7 Å². The highest BCUT2D eigenvalue weighted by Gasteiger charge is 2.17. The summed E-state index contributed by atoms with van der Waals surface area (Å²) in [6.07, 6.45) is 1.82. The number of rotatable bonds is 8. The van der Waals surface area contributed by atoms with Gasteiger partial charge < -0.3 is 10.2 Å². The first-order valence-electron chi connectivity index (χ1n) is 10.2. The largest absolute Gasteiger partial charge is 0.352 e. The molecule has 28 heavy (non-hydrogen) atoms. The molecule has 1 N–H and O–H groups in total. The highest BCUT2D eigenvalue weighted by molar-refractivity contribution is 7.99. The zero-order valence-electron chi connectivity index (χ0n) is 17.0. The fourth-order valence-corrected chi connectivity index (χ4v) is 4.39. The van der Waals surface area contributed by atoms with Crippen LogP contribution in [0.4, 0.5) is 5.69 Å². The third-order valence-corrected chi connectivity index (χ3v) is 6.20. The molecule has 0 aromatic heterocycles. The fraction of sp³-hybridized carbons (Fsp3) is 0.391. The van der Waals surface area contributed by atoms with Gasteiger partial charge in [-0.15, -0.1) is 0 Å². The Kier molecular flexibility index (Phi) is 7.29. The summed E-state index contributed by atoms with van der Waals surface area (Å²) >= 11 is 1.72. The molecule has 1 aliphatic rings. The monoisotopic (exact) mass is 395 g/mol. The Bertz CT molecular complexity index is 859. The molecule has 0 aliphatic carbocycles. The van der Waals surface area contributed by atoms with Crippen LogP contribution < -0.4 is 5.32 Å². The van der Waals surface area contributed by atoms with E-state index in [1.807, 2.05) is 18.2 Å². The normalized spacial score (nSPS) is 12.8. The van der Waals surface area contributed by atoms with Gasteiger partial charge >= 0.3 is 0 Å².